The van der Waals surface area contributed by atoms with Crippen LogP contribution in [0, 0.1) is 23.2 Å². The number of hydrogen-bond acceptors (Lipinski definition) is 7. The molecule has 2 aromatic rings. The SMILES string of the molecule is CC1CCC(Cn2c(CC(C)(C)O)nc3nc(C(=N)NC(=O)O)nc(N[C@H](C)C4CCC4)c32)CC1. The summed E-state index contributed by atoms with van der Waals surface area (Å²) in [5.74, 6) is 2.70. The molecule has 2 aliphatic carbocycles. The third-order valence-electron chi connectivity index (χ3n) is 7.53. The Balaban J connectivity index is 1.80. The predicted octanol–water partition coefficient (Wildman–Crippen LogP) is 4.16. The van der Waals surface area contributed by atoms with Crippen molar-refractivity contribution < 1.29 is 15.0 Å². The van der Waals surface area contributed by atoms with Crippen LogP contribution in [0.3, 0.4) is 0 Å². The number of amides is 1. The normalized spacial score (nSPS) is 22.0. The number of hydrogen-bond donors (Lipinski definition) is 5. The van der Waals surface area contributed by atoms with E-state index in [0.717, 1.165) is 49.5 Å². The lowest BCUT2D eigenvalue weighted by atomic mass is 9.80. The molecule has 5 N–H and O–H groups in total. The van der Waals surface area contributed by atoms with Crippen molar-refractivity contribution in [3.05, 3.63) is 11.6 Å². The lowest BCUT2D eigenvalue weighted by molar-refractivity contribution is 0.0775. The molecule has 2 aliphatic rings. The minimum Gasteiger partial charge on any atom is -0.465 e. The second kappa shape index (κ2) is 10.1. The third-order valence-corrected chi connectivity index (χ3v) is 7.53. The first-order valence-electron chi connectivity index (χ1n) is 12.8. The molecule has 192 valence electrons. The van der Waals surface area contributed by atoms with Crippen LogP contribution in [0.1, 0.15) is 84.3 Å². The van der Waals surface area contributed by atoms with Gasteiger partial charge in [0.15, 0.2) is 23.1 Å². The quantitative estimate of drug-likeness (QED) is 0.278. The van der Waals surface area contributed by atoms with Gasteiger partial charge in [0.2, 0.25) is 0 Å². The number of nitrogens with one attached hydrogen (secondary N) is 3. The summed E-state index contributed by atoms with van der Waals surface area (Å²) in [4.78, 5) is 25.0. The molecule has 1 amide bonds. The van der Waals surface area contributed by atoms with Gasteiger partial charge in [-0.05, 0) is 64.2 Å². The number of nitrogens with zero attached hydrogens (tertiary/aromatic N) is 4. The van der Waals surface area contributed by atoms with Crippen molar-refractivity contribution in [2.45, 2.75) is 97.2 Å². The Kier molecular flexibility index (Phi) is 7.30. The second-order valence-corrected chi connectivity index (χ2v) is 11.3. The summed E-state index contributed by atoms with van der Waals surface area (Å²) in [7, 11) is 0. The molecule has 10 nitrogen and oxygen atoms in total. The summed E-state index contributed by atoms with van der Waals surface area (Å²) in [6.07, 6.45) is 7.28. The van der Waals surface area contributed by atoms with Crippen molar-refractivity contribution in [3.63, 3.8) is 0 Å². The van der Waals surface area contributed by atoms with Gasteiger partial charge in [0.05, 0.1) is 5.60 Å². The number of rotatable bonds is 8. The molecule has 0 aliphatic heterocycles. The highest BCUT2D eigenvalue weighted by Crippen LogP contribution is 2.34. The first kappa shape index (κ1) is 25.3. The Morgan fingerprint density at radius 1 is 1.17 bits per heavy atom. The highest BCUT2D eigenvalue weighted by Gasteiger charge is 2.29. The first-order valence-corrected chi connectivity index (χ1v) is 12.8. The molecule has 0 spiro atoms. The summed E-state index contributed by atoms with van der Waals surface area (Å²) in [5, 5.41) is 33.5. The van der Waals surface area contributed by atoms with Gasteiger partial charge in [0, 0.05) is 19.0 Å². The Morgan fingerprint density at radius 2 is 1.86 bits per heavy atom. The number of carbonyl (C=O) groups is 1. The second-order valence-electron chi connectivity index (χ2n) is 11.3. The van der Waals surface area contributed by atoms with E-state index in [2.05, 4.69) is 39.0 Å². The summed E-state index contributed by atoms with van der Waals surface area (Å²) < 4.78 is 2.15. The molecule has 2 aromatic heterocycles. The van der Waals surface area contributed by atoms with E-state index in [1.807, 2.05) is 0 Å². The van der Waals surface area contributed by atoms with Gasteiger partial charge in [0.1, 0.15) is 11.3 Å². The zero-order chi connectivity index (χ0) is 25.3. The fourth-order valence-electron chi connectivity index (χ4n) is 5.22. The highest BCUT2D eigenvalue weighted by atomic mass is 16.4. The molecule has 2 fully saturated rings. The van der Waals surface area contributed by atoms with Gasteiger partial charge in [-0.25, -0.2) is 19.7 Å². The molecule has 0 bridgehead atoms. The van der Waals surface area contributed by atoms with Gasteiger partial charge in [-0.1, -0.05) is 26.2 Å². The van der Waals surface area contributed by atoms with Crippen LogP contribution in [-0.2, 0) is 13.0 Å². The molecule has 35 heavy (non-hydrogen) atoms. The van der Waals surface area contributed by atoms with Gasteiger partial charge in [-0.3, -0.25) is 10.7 Å². The molecule has 4 rings (SSSR count). The average Bonchev–Trinajstić information content (AvgIpc) is 3.03. The van der Waals surface area contributed by atoms with Gasteiger partial charge in [0.25, 0.3) is 0 Å². The van der Waals surface area contributed by atoms with Crippen LogP contribution in [0.4, 0.5) is 10.6 Å². The van der Waals surface area contributed by atoms with Crippen molar-refractivity contribution >= 4 is 28.9 Å². The average molecular weight is 486 g/mol. The molecule has 2 saturated carbocycles. The topological polar surface area (TPSA) is 149 Å². The van der Waals surface area contributed by atoms with Crippen LogP contribution in [-0.4, -0.2) is 53.3 Å². The molecule has 0 aromatic carbocycles. The standard InChI is InChI=1S/C25H39N7O3/c1-14-8-10-16(11-9-14)13-32-18(12-25(3,4)35)28-22-19(32)21(27-15(2)17-6-5-7-17)30-23(31-22)20(26)29-24(33)34/h14-17,35H,5-13H2,1-4H3,(H2,26,29)(H,33,34)(H,27,30,31)/t14?,15-,16?/m1/s1. The molecule has 0 unspecified atom stereocenters. The van der Waals surface area contributed by atoms with E-state index in [0.29, 0.717) is 29.7 Å². The maximum atomic E-state index is 11.1. The number of carboxylic acid groups (broad SMARTS) is 1. The molecule has 0 radical (unpaired) electrons. The van der Waals surface area contributed by atoms with Crippen LogP contribution in [0.25, 0.3) is 11.2 Å². The van der Waals surface area contributed by atoms with E-state index in [-0.39, 0.29) is 11.9 Å². The van der Waals surface area contributed by atoms with E-state index in [1.54, 1.807) is 13.8 Å². The first-order chi connectivity index (χ1) is 16.5. The predicted molar refractivity (Wildman–Crippen MR) is 135 cm³/mol. The molecular formula is C25H39N7O3. The maximum absolute atomic E-state index is 11.1. The molecule has 10 heteroatoms. The van der Waals surface area contributed by atoms with Gasteiger partial charge in [-0.15, -0.1) is 0 Å². The fraction of sp³-hybridized carbons (Fsp3) is 0.720. The van der Waals surface area contributed by atoms with Gasteiger partial charge in [-0.2, -0.15) is 0 Å². The van der Waals surface area contributed by atoms with Crippen LogP contribution in [0.2, 0.25) is 0 Å². The molecule has 1 atom stereocenters. The van der Waals surface area contributed by atoms with Crippen molar-refractivity contribution in [2.75, 3.05) is 5.32 Å². The highest BCUT2D eigenvalue weighted by molar-refractivity contribution is 6.03. The van der Waals surface area contributed by atoms with E-state index in [9.17, 15) is 9.90 Å². The van der Waals surface area contributed by atoms with E-state index >= 15 is 0 Å². The monoisotopic (exact) mass is 485 g/mol. The zero-order valence-electron chi connectivity index (χ0n) is 21.3. The van der Waals surface area contributed by atoms with E-state index < -0.39 is 17.5 Å². The van der Waals surface area contributed by atoms with Crippen LogP contribution >= 0.6 is 0 Å². The maximum Gasteiger partial charge on any atom is 0.410 e. The summed E-state index contributed by atoms with van der Waals surface area (Å²) in [6, 6.07) is 0.174. The van der Waals surface area contributed by atoms with Crippen molar-refractivity contribution in [1.29, 1.82) is 5.41 Å². The van der Waals surface area contributed by atoms with E-state index in [4.69, 9.17) is 15.5 Å². The smallest absolute Gasteiger partial charge is 0.410 e. The van der Waals surface area contributed by atoms with Gasteiger partial charge < -0.3 is 20.1 Å². The summed E-state index contributed by atoms with van der Waals surface area (Å²) in [5.41, 5.74) is 0.223. The third kappa shape index (κ3) is 6.09. The van der Waals surface area contributed by atoms with Crippen LogP contribution in [0.15, 0.2) is 0 Å². The largest absolute Gasteiger partial charge is 0.465 e. The Labute approximate surface area is 206 Å². The Hall–Kier alpha value is -2.75. The van der Waals surface area contributed by atoms with Crippen molar-refractivity contribution in [3.8, 4) is 0 Å². The lowest BCUT2D eigenvalue weighted by Crippen LogP contribution is -2.33. The number of imidazole rings is 1. The van der Waals surface area contributed by atoms with Gasteiger partial charge >= 0.3 is 6.09 Å². The minimum atomic E-state index is -1.34. The zero-order valence-corrected chi connectivity index (χ0v) is 21.3. The molecule has 0 saturated heterocycles. The Morgan fingerprint density at radius 3 is 2.43 bits per heavy atom. The number of aromatic nitrogens is 4. The number of fused-ring (bicyclic) bond motifs is 1. The van der Waals surface area contributed by atoms with Crippen molar-refractivity contribution in [2.24, 2.45) is 17.8 Å². The van der Waals surface area contributed by atoms with Crippen molar-refractivity contribution in [1.82, 2.24) is 24.8 Å². The fourth-order valence-corrected chi connectivity index (χ4v) is 5.22. The number of anilines is 1. The number of aliphatic hydroxyl groups is 1. The summed E-state index contributed by atoms with van der Waals surface area (Å²) in [6.45, 7) is 8.75. The van der Waals surface area contributed by atoms with Crippen LogP contribution < -0.4 is 10.6 Å². The minimum absolute atomic E-state index is 0.0193. The molecular weight excluding hydrogens is 446 g/mol. The summed E-state index contributed by atoms with van der Waals surface area (Å²) >= 11 is 0. The number of amidine groups is 1. The van der Waals surface area contributed by atoms with E-state index in [1.165, 1.54) is 19.3 Å². The van der Waals surface area contributed by atoms with Crippen LogP contribution in [0.5, 0.6) is 0 Å². The molecule has 2 heterocycles. The Bertz CT molecular complexity index is 1080. The lowest BCUT2D eigenvalue weighted by Gasteiger charge is -2.32.